The zero-order chi connectivity index (χ0) is 14.8. The molecule has 1 fully saturated rings. The number of likely N-dealkylation sites (tertiary alicyclic amines) is 1. The van der Waals surface area contributed by atoms with E-state index in [1.165, 1.54) is 6.07 Å². The van der Waals surface area contributed by atoms with Crippen LogP contribution in [0.1, 0.15) is 18.5 Å². The van der Waals surface area contributed by atoms with Crippen molar-refractivity contribution in [2.75, 3.05) is 19.7 Å². The topological polar surface area (TPSA) is 56.3 Å². The normalized spacial score (nSPS) is 19.4. The van der Waals surface area contributed by atoms with Crippen molar-refractivity contribution in [3.05, 3.63) is 46.1 Å². The number of nitrogens with one attached hydrogen (secondary N) is 1. The zero-order valence-corrected chi connectivity index (χ0v) is 11.8. The minimum absolute atomic E-state index is 0.170. The Morgan fingerprint density at radius 1 is 1.38 bits per heavy atom. The van der Waals surface area contributed by atoms with Crippen LogP contribution in [0.3, 0.4) is 0 Å². The molecule has 0 spiro atoms. The number of aromatic amines is 1. The molecule has 0 radical (unpaired) electrons. The number of rotatable bonds is 4. The summed E-state index contributed by atoms with van der Waals surface area (Å²) in [7, 11) is 0. The molecule has 1 saturated heterocycles. The fourth-order valence-corrected chi connectivity index (χ4v) is 3.10. The molecule has 21 heavy (non-hydrogen) atoms. The highest BCUT2D eigenvalue weighted by Gasteiger charge is 2.23. The van der Waals surface area contributed by atoms with Gasteiger partial charge in [-0.2, -0.15) is 0 Å². The first-order chi connectivity index (χ1) is 10.2. The lowest BCUT2D eigenvalue weighted by molar-refractivity contribution is 0.160. The number of aliphatic hydroxyl groups is 1. The van der Waals surface area contributed by atoms with Crippen molar-refractivity contribution in [1.82, 2.24) is 9.88 Å². The van der Waals surface area contributed by atoms with Gasteiger partial charge in [-0.05, 0) is 37.6 Å². The van der Waals surface area contributed by atoms with Crippen LogP contribution < -0.4 is 5.56 Å². The van der Waals surface area contributed by atoms with Crippen LogP contribution in [0.2, 0.25) is 0 Å². The monoisotopic (exact) mass is 290 g/mol. The number of benzene rings is 1. The van der Waals surface area contributed by atoms with E-state index in [9.17, 15) is 14.3 Å². The second kappa shape index (κ2) is 5.95. The third kappa shape index (κ3) is 2.84. The highest BCUT2D eigenvalue weighted by atomic mass is 19.1. The largest absolute Gasteiger partial charge is 0.395 e. The lowest BCUT2D eigenvalue weighted by Gasteiger charge is -2.22. The number of hydrogen-bond donors (Lipinski definition) is 2. The van der Waals surface area contributed by atoms with Crippen molar-refractivity contribution in [2.24, 2.45) is 0 Å². The number of nitrogens with zero attached hydrogens (tertiary/aromatic N) is 1. The van der Waals surface area contributed by atoms with E-state index >= 15 is 0 Å². The van der Waals surface area contributed by atoms with Gasteiger partial charge in [0.05, 0.1) is 6.61 Å². The Balaban J connectivity index is 1.81. The number of H-pyrrole nitrogens is 1. The number of halogens is 1. The summed E-state index contributed by atoms with van der Waals surface area (Å²) >= 11 is 0. The van der Waals surface area contributed by atoms with Crippen LogP contribution in [-0.2, 0) is 6.42 Å². The smallest absolute Gasteiger partial charge is 0.256 e. The third-order valence-electron chi connectivity index (χ3n) is 4.27. The van der Waals surface area contributed by atoms with E-state index in [-0.39, 0.29) is 24.0 Å². The number of hydrogen-bond acceptors (Lipinski definition) is 3. The maximum absolute atomic E-state index is 13.8. The van der Waals surface area contributed by atoms with Crippen LogP contribution in [-0.4, -0.2) is 40.7 Å². The Bertz CT molecular complexity index is 698. The van der Waals surface area contributed by atoms with E-state index in [0.717, 1.165) is 31.6 Å². The fraction of sp³-hybridized carbons (Fsp3) is 0.438. The van der Waals surface area contributed by atoms with Gasteiger partial charge in [-0.15, -0.1) is 0 Å². The van der Waals surface area contributed by atoms with Gasteiger partial charge in [0, 0.05) is 35.5 Å². The number of aliphatic hydroxyl groups excluding tert-OH is 1. The van der Waals surface area contributed by atoms with Gasteiger partial charge in [-0.3, -0.25) is 9.69 Å². The molecule has 1 atom stereocenters. The quantitative estimate of drug-likeness (QED) is 0.900. The minimum atomic E-state index is -0.366. The maximum atomic E-state index is 13.8. The summed E-state index contributed by atoms with van der Waals surface area (Å²) in [6.45, 7) is 1.90. The molecule has 0 bridgehead atoms. The minimum Gasteiger partial charge on any atom is -0.395 e. The predicted octanol–water partition coefficient (Wildman–Crippen LogP) is 1.67. The lowest BCUT2D eigenvalue weighted by atomic mass is 10.1. The maximum Gasteiger partial charge on any atom is 0.256 e. The van der Waals surface area contributed by atoms with Crippen LogP contribution in [0.25, 0.3) is 10.8 Å². The molecule has 112 valence electrons. The van der Waals surface area contributed by atoms with Crippen molar-refractivity contribution >= 4 is 10.8 Å². The van der Waals surface area contributed by atoms with Crippen LogP contribution >= 0.6 is 0 Å². The summed E-state index contributed by atoms with van der Waals surface area (Å²) in [6.07, 6.45) is 2.75. The highest BCUT2D eigenvalue weighted by Crippen LogP contribution is 2.18. The number of pyridine rings is 1. The molecule has 0 unspecified atom stereocenters. The van der Waals surface area contributed by atoms with E-state index in [2.05, 4.69) is 9.88 Å². The fourth-order valence-electron chi connectivity index (χ4n) is 3.10. The molecule has 0 amide bonds. The van der Waals surface area contributed by atoms with Crippen molar-refractivity contribution in [1.29, 1.82) is 0 Å². The molecule has 2 N–H and O–H groups in total. The van der Waals surface area contributed by atoms with E-state index in [0.29, 0.717) is 17.2 Å². The van der Waals surface area contributed by atoms with Gasteiger partial charge in [0.2, 0.25) is 0 Å². The zero-order valence-electron chi connectivity index (χ0n) is 11.8. The van der Waals surface area contributed by atoms with Gasteiger partial charge in [0.1, 0.15) is 5.82 Å². The summed E-state index contributed by atoms with van der Waals surface area (Å²) < 4.78 is 13.8. The Morgan fingerprint density at radius 3 is 3.05 bits per heavy atom. The van der Waals surface area contributed by atoms with Crippen LogP contribution in [0.15, 0.2) is 29.1 Å². The van der Waals surface area contributed by atoms with Crippen molar-refractivity contribution < 1.29 is 9.50 Å². The molecule has 3 rings (SSSR count). The van der Waals surface area contributed by atoms with Gasteiger partial charge in [-0.1, -0.05) is 6.07 Å². The summed E-state index contributed by atoms with van der Waals surface area (Å²) in [5.74, 6) is -0.366. The standard InChI is InChI=1S/C16H19FN2O2/c17-15-5-1-4-13-14(15)9-11(18-16(13)21)6-8-19-7-2-3-12(19)10-20/h1,4-5,9,12,20H,2-3,6-8,10H2,(H,18,21)/t12-/m1/s1. The summed E-state index contributed by atoms with van der Waals surface area (Å²) in [5, 5.41) is 10.1. The molecule has 1 aromatic carbocycles. The Kier molecular flexibility index (Phi) is 4.03. The summed E-state index contributed by atoms with van der Waals surface area (Å²) in [6, 6.07) is 6.48. The molecule has 2 heterocycles. The van der Waals surface area contributed by atoms with Crippen molar-refractivity contribution in [3.63, 3.8) is 0 Å². The second-order valence-corrected chi connectivity index (χ2v) is 5.59. The molecular formula is C16H19FN2O2. The average molecular weight is 290 g/mol. The number of aromatic nitrogens is 1. The van der Waals surface area contributed by atoms with Crippen molar-refractivity contribution in [3.8, 4) is 0 Å². The van der Waals surface area contributed by atoms with E-state index in [4.69, 9.17) is 0 Å². The molecule has 1 aliphatic rings. The SMILES string of the molecule is O=c1[nH]c(CCN2CCC[C@@H]2CO)cc2c(F)cccc12. The molecular weight excluding hydrogens is 271 g/mol. The Labute approximate surface area is 122 Å². The van der Waals surface area contributed by atoms with Crippen LogP contribution in [0.5, 0.6) is 0 Å². The first kappa shape index (κ1) is 14.2. The second-order valence-electron chi connectivity index (χ2n) is 5.59. The first-order valence-electron chi connectivity index (χ1n) is 7.34. The molecule has 0 saturated carbocycles. The highest BCUT2D eigenvalue weighted by molar-refractivity contribution is 5.82. The van der Waals surface area contributed by atoms with E-state index < -0.39 is 0 Å². The van der Waals surface area contributed by atoms with E-state index in [1.807, 2.05) is 0 Å². The Hall–Kier alpha value is -1.72. The lowest BCUT2D eigenvalue weighted by Crippen LogP contribution is -2.34. The van der Waals surface area contributed by atoms with Crippen LogP contribution in [0.4, 0.5) is 4.39 Å². The molecule has 1 aromatic heterocycles. The van der Waals surface area contributed by atoms with Gasteiger partial charge < -0.3 is 10.1 Å². The molecule has 2 aromatic rings. The van der Waals surface area contributed by atoms with Gasteiger partial charge in [0.15, 0.2) is 0 Å². The van der Waals surface area contributed by atoms with Crippen LogP contribution in [0, 0.1) is 5.82 Å². The molecule has 4 nitrogen and oxygen atoms in total. The van der Waals surface area contributed by atoms with Gasteiger partial charge >= 0.3 is 0 Å². The predicted molar refractivity (Wildman–Crippen MR) is 79.9 cm³/mol. The van der Waals surface area contributed by atoms with E-state index in [1.54, 1.807) is 18.2 Å². The third-order valence-corrected chi connectivity index (χ3v) is 4.27. The molecule has 1 aliphatic heterocycles. The summed E-state index contributed by atoms with van der Waals surface area (Å²) in [4.78, 5) is 17.0. The van der Waals surface area contributed by atoms with Gasteiger partial charge in [-0.25, -0.2) is 4.39 Å². The number of fused-ring (bicyclic) bond motifs is 1. The van der Waals surface area contributed by atoms with Gasteiger partial charge in [0.25, 0.3) is 5.56 Å². The molecule has 5 heteroatoms. The Morgan fingerprint density at radius 2 is 2.24 bits per heavy atom. The average Bonchev–Trinajstić information content (AvgIpc) is 2.94. The molecule has 0 aliphatic carbocycles. The first-order valence-corrected chi connectivity index (χ1v) is 7.34. The summed E-state index contributed by atoms with van der Waals surface area (Å²) in [5.41, 5.74) is 0.489. The van der Waals surface area contributed by atoms with Crippen molar-refractivity contribution in [2.45, 2.75) is 25.3 Å².